The third-order valence-electron chi connectivity index (χ3n) is 2.74. The molecule has 1 aromatic carbocycles. The maximum atomic E-state index is 12.4. The number of primary sulfonamides is 1. The molecule has 9 heteroatoms. The number of nitrogens with zero attached hydrogens (tertiary/aromatic N) is 1. The van der Waals surface area contributed by atoms with Crippen LogP contribution in [0.2, 0.25) is 0 Å². The number of ether oxygens (including phenoxy) is 1. The largest absolute Gasteiger partial charge is 0.439 e. The number of rotatable bonds is 3. The molecular weight excluding hydrogens is 321 g/mol. The van der Waals surface area contributed by atoms with Gasteiger partial charge in [0, 0.05) is 12.3 Å². The molecule has 0 spiro atoms. The van der Waals surface area contributed by atoms with Crippen LogP contribution in [0.3, 0.4) is 0 Å². The van der Waals surface area contributed by atoms with Gasteiger partial charge in [0.2, 0.25) is 15.9 Å². The first-order valence-corrected chi connectivity index (χ1v) is 7.46. The average Bonchev–Trinajstić information content (AvgIpc) is 2.36. The van der Waals surface area contributed by atoms with Crippen molar-refractivity contribution in [3.05, 3.63) is 47.7 Å². The highest BCUT2D eigenvalue weighted by molar-refractivity contribution is 7.89. The molecule has 0 aliphatic heterocycles. The highest BCUT2D eigenvalue weighted by Crippen LogP contribution is 2.30. The molecule has 0 fully saturated rings. The number of pyridine rings is 1. The van der Waals surface area contributed by atoms with E-state index < -0.39 is 21.8 Å². The zero-order valence-electron chi connectivity index (χ0n) is 11.3. The summed E-state index contributed by atoms with van der Waals surface area (Å²) in [5.74, 6) is 0.188. The number of halogens is 3. The van der Waals surface area contributed by atoms with Crippen LogP contribution in [0.4, 0.5) is 13.2 Å². The van der Waals surface area contributed by atoms with Crippen LogP contribution in [0.5, 0.6) is 11.6 Å². The monoisotopic (exact) mass is 332 g/mol. The van der Waals surface area contributed by atoms with Crippen LogP contribution in [0.25, 0.3) is 0 Å². The van der Waals surface area contributed by atoms with E-state index in [0.717, 1.165) is 12.1 Å². The van der Waals surface area contributed by atoms with Crippen molar-refractivity contribution in [2.45, 2.75) is 18.0 Å². The van der Waals surface area contributed by atoms with Gasteiger partial charge in [-0.25, -0.2) is 18.5 Å². The third kappa shape index (κ3) is 3.74. The summed E-state index contributed by atoms with van der Waals surface area (Å²) in [6.45, 7) is 1.52. The molecule has 0 saturated heterocycles. The third-order valence-corrected chi connectivity index (χ3v) is 3.81. The fraction of sp³-hybridized carbons (Fsp3) is 0.154. The Morgan fingerprint density at radius 1 is 1.18 bits per heavy atom. The lowest BCUT2D eigenvalue weighted by Gasteiger charge is -2.09. The van der Waals surface area contributed by atoms with Gasteiger partial charge < -0.3 is 4.74 Å². The summed E-state index contributed by atoms with van der Waals surface area (Å²) in [5, 5.41) is 5.03. The molecule has 0 bridgehead atoms. The van der Waals surface area contributed by atoms with E-state index in [2.05, 4.69) is 4.98 Å². The maximum absolute atomic E-state index is 12.4. The van der Waals surface area contributed by atoms with Gasteiger partial charge >= 0.3 is 6.18 Å². The summed E-state index contributed by atoms with van der Waals surface area (Å²) < 4.78 is 65.0. The molecule has 0 saturated carbocycles. The summed E-state index contributed by atoms with van der Waals surface area (Å²) in [6.07, 6.45) is -3.82. The number of alkyl halides is 3. The van der Waals surface area contributed by atoms with Crippen molar-refractivity contribution in [2.75, 3.05) is 0 Å². The molecule has 0 unspecified atom stereocenters. The molecule has 0 atom stereocenters. The Balaban J connectivity index is 2.23. The van der Waals surface area contributed by atoms with Crippen molar-refractivity contribution >= 4 is 10.0 Å². The van der Waals surface area contributed by atoms with Crippen LogP contribution in [0.15, 0.2) is 41.4 Å². The van der Waals surface area contributed by atoms with Gasteiger partial charge in [0.05, 0.1) is 10.5 Å². The normalized spacial score (nSPS) is 12.2. The van der Waals surface area contributed by atoms with Gasteiger partial charge in [-0.2, -0.15) is 13.2 Å². The van der Waals surface area contributed by atoms with Crippen molar-refractivity contribution in [3.63, 3.8) is 0 Å². The smallest absolute Gasteiger partial charge is 0.417 e. The van der Waals surface area contributed by atoms with Gasteiger partial charge in [-0.05, 0) is 36.8 Å². The van der Waals surface area contributed by atoms with Crippen molar-refractivity contribution < 1.29 is 26.3 Å². The summed E-state index contributed by atoms with van der Waals surface area (Å²) in [7, 11) is -3.84. The van der Waals surface area contributed by atoms with Crippen molar-refractivity contribution in [2.24, 2.45) is 5.14 Å². The first-order chi connectivity index (χ1) is 10.1. The van der Waals surface area contributed by atoms with Gasteiger partial charge in [0.1, 0.15) is 5.75 Å². The van der Waals surface area contributed by atoms with E-state index in [-0.39, 0.29) is 16.5 Å². The molecule has 0 radical (unpaired) electrons. The van der Waals surface area contributed by atoms with Crippen LogP contribution in [0.1, 0.15) is 11.1 Å². The number of aryl methyl sites for hydroxylation is 1. The fourth-order valence-electron chi connectivity index (χ4n) is 1.73. The number of aromatic nitrogens is 1. The molecule has 0 aliphatic rings. The maximum Gasteiger partial charge on any atom is 0.417 e. The zero-order chi connectivity index (χ0) is 16.5. The SMILES string of the molecule is Cc1cc(Oc2ccc(C(F)(F)F)cn2)ccc1S(N)(=O)=O. The van der Waals surface area contributed by atoms with Crippen LogP contribution in [0, 0.1) is 6.92 Å². The molecule has 0 aliphatic carbocycles. The second-order valence-electron chi connectivity index (χ2n) is 4.46. The lowest BCUT2D eigenvalue weighted by Crippen LogP contribution is -2.13. The molecule has 2 aromatic rings. The molecule has 2 rings (SSSR count). The van der Waals surface area contributed by atoms with Crippen LogP contribution in [-0.4, -0.2) is 13.4 Å². The predicted octanol–water partition coefficient (Wildman–Crippen LogP) is 2.85. The van der Waals surface area contributed by atoms with E-state index in [9.17, 15) is 21.6 Å². The Morgan fingerprint density at radius 3 is 2.32 bits per heavy atom. The molecular formula is C13H11F3N2O3S. The van der Waals surface area contributed by atoms with E-state index in [0.29, 0.717) is 11.8 Å². The van der Waals surface area contributed by atoms with E-state index >= 15 is 0 Å². The molecule has 0 amide bonds. The van der Waals surface area contributed by atoms with E-state index in [4.69, 9.17) is 9.88 Å². The minimum Gasteiger partial charge on any atom is -0.439 e. The molecule has 1 heterocycles. The van der Waals surface area contributed by atoms with Gasteiger partial charge in [-0.3, -0.25) is 0 Å². The lowest BCUT2D eigenvalue weighted by molar-refractivity contribution is -0.137. The second kappa shape index (κ2) is 5.58. The summed E-state index contributed by atoms with van der Waals surface area (Å²) in [4.78, 5) is 3.50. The van der Waals surface area contributed by atoms with Gasteiger partial charge in [0.25, 0.3) is 0 Å². The highest BCUT2D eigenvalue weighted by atomic mass is 32.2. The Kier molecular flexibility index (Phi) is 4.12. The van der Waals surface area contributed by atoms with E-state index in [1.54, 1.807) is 0 Å². The molecule has 1 aromatic heterocycles. The molecule has 22 heavy (non-hydrogen) atoms. The summed E-state index contributed by atoms with van der Waals surface area (Å²) in [5.41, 5.74) is -0.535. The van der Waals surface area contributed by atoms with Crippen LogP contribution in [-0.2, 0) is 16.2 Å². The van der Waals surface area contributed by atoms with Gasteiger partial charge in [-0.1, -0.05) is 0 Å². The highest BCUT2D eigenvalue weighted by Gasteiger charge is 2.30. The Hall–Kier alpha value is -2.13. The fourth-order valence-corrected chi connectivity index (χ4v) is 2.50. The van der Waals surface area contributed by atoms with Gasteiger partial charge in [0.15, 0.2) is 0 Å². The number of benzene rings is 1. The summed E-state index contributed by atoms with van der Waals surface area (Å²) >= 11 is 0. The molecule has 2 N–H and O–H groups in total. The first kappa shape index (κ1) is 16.2. The number of hydrogen-bond donors (Lipinski definition) is 1. The quantitative estimate of drug-likeness (QED) is 0.937. The Labute approximate surface area is 124 Å². The topological polar surface area (TPSA) is 82.3 Å². The standard InChI is InChI=1S/C13H11F3N2O3S/c1-8-6-10(3-4-11(8)22(17,19)20)21-12-5-2-9(7-18-12)13(14,15)16/h2-7H,1H3,(H2,17,19,20). The number of sulfonamides is 1. The average molecular weight is 332 g/mol. The number of nitrogens with two attached hydrogens (primary N) is 1. The van der Waals surface area contributed by atoms with Gasteiger partial charge in [-0.15, -0.1) is 0 Å². The van der Waals surface area contributed by atoms with Crippen molar-refractivity contribution in [1.29, 1.82) is 0 Å². The van der Waals surface area contributed by atoms with E-state index in [1.165, 1.54) is 25.1 Å². The lowest BCUT2D eigenvalue weighted by atomic mass is 10.2. The van der Waals surface area contributed by atoms with Crippen LogP contribution < -0.4 is 9.88 Å². The first-order valence-electron chi connectivity index (χ1n) is 5.92. The molecule has 5 nitrogen and oxygen atoms in total. The Bertz CT molecular complexity index is 787. The second-order valence-corrected chi connectivity index (χ2v) is 5.99. The predicted molar refractivity (Wildman–Crippen MR) is 71.9 cm³/mol. The van der Waals surface area contributed by atoms with Crippen molar-refractivity contribution in [1.82, 2.24) is 4.98 Å². The minimum absolute atomic E-state index is 0.0456. The minimum atomic E-state index is -4.47. The number of hydrogen-bond acceptors (Lipinski definition) is 4. The van der Waals surface area contributed by atoms with Crippen LogP contribution >= 0.6 is 0 Å². The van der Waals surface area contributed by atoms with Crippen molar-refractivity contribution in [3.8, 4) is 11.6 Å². The zero-order valence-corrected chi connectivity index (χ0v) is 12.1. The molecule has 118 valence electrons. The van der Waals surface area contributed by atoms with E-state index in [1.807, 2.05) is 0 Å². The summed E-state index contributed by atoms with van der Waals surface area (Å²) in [6, 6.07) is 5.91. The Morgan fingerprint density at radius 2 is 1.86 bits per heavy atom.